The average molecular weight is 289 g/mol. The molecule has 1 atom stereocenters. The number of rotatable bonds is 4. The van der Waals surface area contributed by atoms with E-state index in [1.165, 1.54) is 0 Å². The molecule has 0 spiro atoms. The van der Waals surface area contributed by atoms with Crippen LogP contribution in [0.5, 0.6) is 0 Å². The van der Waals surface area contributed by atoms with Crippen LogP contribution in [0.2, 0.25) is 0 Å². The van der Waals surface area contributed by atoms with E-state index in [0.717, 1.165) is 49.5 Å². The van der Waals surface area contributed by atoms with Crippen LogP contribution >= 0.6 is 0 Å². The van der Waals surface area contributed by atoms with Crippen LogP contribution in [-0.2, 0) is 4.79 Å². The van der Waals surface area contributed by atoms with Gasteiger partial charge >= 0.3 is 0 Å². The molecule has 1 amide bonds. The first-order valence-corrected chi connectivity index (χ1v) is 7.90. The van der Waals surface area contributed by atoms with E-state index in [-0.39, 0.29) is 11.9 Å². The van der Waals surface area contributed by atoms with Crippen molar-refractivity contribution in [1.29, 1.82) is 0 Å². The smallest absolute Gasteiger partial charge is 0.243 e. The van der Waals surface area contributed by atoms with Crippen LogP contribution < -0.4 is 5.32 Å². The topological polar surface area (TPSA) is 35.6 Å². The first-order valence-electron chi connectivity index (χ1n) is 7.90. The summed E-state index contributed by atoms with van der Waals surface area (Å²) in [6.07, 6.45) is 0. The van der Waals surface area contributed by atoms with E-state index >= 15 is 0 Å². The lowest BCUT2D eigenvalue weighted by Gasteiger charge is -2.39. The fraction of sp³-hybridized carbons (Fsp3) is 0.588. The highest BCUT2D eigenvalue weighted by Gasteiger charge is 2.31. The largest absolute Gasteiger partial charge is 0.324 e. The van der Waals surface area contributed by atoms with E-state index < -0.39 is 0 Å². The highest BCUT2D eigenvalue weighted by molar-refractivity contribution is 5.96. The molecule has 116 valence electrons. The molecule has 1 aromatic rings. The van der Waals surface area contributed by atoms with E-state index in [1.54, 1.807) is 0 Å². The second-order valence-corrected chi connectivity index (χ2v) is 5.79. The Bertz CT molecular complexity index is 481. The molecule has 4 nitrogen and oxygen atoms in total. The molecule has 4 heteroatoms. The maximum Gasteiger partial charge on any atom is 0.243 e. The Hall–Kier alpha value is -1.39. The highest BCUT2D eigenvalue weighted by atomic mass is 16.2. The van der Waals surface area contributed by atoms with Gasteiger partial charge in [0.15, 0.2) is 0 Å². The van der Waals surface area contributed by atoms with E-state index in [1.807, 2.05) is 32.0 Å². The number of likely N-dealkylation sites (N-methyl/N-ethyl adjacent to an activating group) is 2. The number of aryl methyl sites for hydroxylation is 2. The zero-order valence-corrected chi connectivity index (χ0v) is 13.6. The molecule has 21 heavy (non-hydrogen) atoms. The van der Waals surface area contributed by atoms with Gasteiger partial charge in [-0.1, -0.05) is 32.0 Å². The molecule has 0 aromatic heterocycles. The zero-order chi connectivity index (χ0) is 15.4. The first kappa shape index (κ1) is 16.0. The summed E-state index contributed by atoms with van der Waals surface area (Å²) < 4.78 is 0. The Kier molecular flexibility index (Phi) is 5.37. The van der Waals surface area contributed by atoms with Gasteiger partial charge < -0.3 is 10.2 Å². The number of hydrogen-bond acceptors (Lipinski definition) is 3. The number of piperazine rings is 1. The number of nitrogens with zero attached hydrogens (tertiary/aromatic N) is 2. The van der Waals surface area contributed by atoms with Crippen molar-refractivity contribution < 1.29 is 4.79 Å². The molecular formula is C17H27N3O. The molecule has 0 radical (unpaired) electrons. The van der Waals surface area contributed by atoms with Gasteiger partial charge in [-0.15, -0.1) is 0 Å². The highest BCUT2D eigenvalue weighted by Crippen LogP contribution is 2.21. The standard InChI is InChI=1S/C17H27N3O/c1-5-19-10-11-20(6-2)15(12-19)17(21)18-16-13(3)8-7-9-14(16)4/h7-9,15H,5-6,10-12H2,1-4H3,(H,18,21). The van der Waals surface area contributed by atoms with Crippen molar-refractivity contribution in [2.45, 2.75) is 33.7 Å². The lowest BCUT2D eigenvalue weighted by molar-refractivity contribution is -0.123. The summed E-state index contributed by atoms with van der Waals surface area (Å²) in [5, 5.41) is 3.15. The summed E-state index contributed by atoms with van der Waals surface area (Å²) in [6, 6.07) is 6.06. The minimum atomic E-state index is -0.0530. The van der Waals surface area contributed by atoms with Crippen molar-refractivity contribution in [1.82, 2.24) is 9.80 Å². The van der Waals surface area contributed by atoms with E-state index in [2.05, 4.69) is 29.0 Å². The molecule has 0 aliphatic carbocycles. The zero-order valence-electron chi connectivity index (χ0n) is 13.6. The summed E-state index contributed by atoms with van der Waals surface area (Å²) in [4.78, 5) is 17.3. The normalized spacial score (nSPS) is 20.5. The van der Waals surface area contributed by atoms with Crippen LogP contribution in [0.4, 0.5) is 5.69 Å². The quantitative estimate of drug-likeness (QED) is 0.923. The number of carbonyl (C=O) groups excluding carboxylic acids is 1. The molecule has 1 aliphatic heterocycles. The van der Waals surface area contributed by atoms with Crippen LogP contribution in [0.25, 0.3) is 0 Å². The van der Waals surface area contributed by atoms with Crippen molar-refractivity contribution in [3.05, 3.63) is 29.3 Å². The summed E-state index contributed by atoms with van der Waals surface area (Å²) in [6.45, 7) is 13.1. The van der Waals surface area contributed by atoms with Crippen LogP contribution in [0, 0.1) is 13.8 Å². The molecule has 1 saturated heterocycles. The number of anilines is 1. The number of para-hydroxylation sites is 1. The van der Waals surface area contributed by atoms with Gasteiger partial charge in [-0.05, 0) is 38.1 Å². The van der Waals surface area contributed by atoms with Crippen molar-refractivity contribution in [2.75, 3.05) is 38.0 Å². The summed E-state index contributed by atoms with van der Waals surface area (Å²) >= 11 is 0. The van der Waals surface area contributed by atoms with Crippen molar-refractivity contribution in [3.63, 3.8) is 0 Å². The van der Waals surface area contributed by atoms with Crippen LogP contribution in [-0.4, -0.2) is 54.5 Å². The van der Waals surface area contributed by atoms with Gasteiger partial charge in [0.25, 0.3) is 0 Å². The van der Waals surface area contributed by atoms with E-state index in [0.29, 0.717) is 0 Å². The third kappa shape index (κ3) is 3.63. The SMILES string of the molecule is CCN1CCN(CC)C(C(=O)Nc2c(C)cccc2C)C1. The van der Waals surface area contributed by atoms with E-state index in [9.17, 15) is 4.79 Å². The second kappa shape index (κ2) is 7.05. The Morgan fingerprint density at radius 3 is 2.43 bits per heavy atom. The third-order valence-corrected chi connectivity index (χ3v) is 4.46. The molecule has 1 N–H and O–H groups in total. The number of carbonyl (C=O) groups is 1. The van der Waals surface area contributed by atoms with Gasteiger partial charge in [-0.25, -0.2) is 0 Å². The monoisotopic (exact) mass is 289 g/mol. The molecule has 1 fully saturated rings. The van der Waals surface area contributed by atoms with Gasteiger partial charge in [0.05, 0.1) is 0 Å². The van der Waals surface area contributed by atoms with Gasteiger partial charge in [-0.2, -0.15) is 0 Å². The summed E-state index contributed by atoms with van der Waals surface area (Å²) in [5.74, 6) is 0.118. The maximum absolute atomic E-state index is 12.7. The van der Waals surface area contributed by atoms with Gasteiger partial charge in [0.1, 0.15) is 6.04 Å². The predicted octanol–water partition coefficient (Wildman–Crippen LogP) is 2.27. The minimum Gasteiger partial charge on any atom is -0.324 e. The predicted molar refractivity (Wildman–Crippen MR) is 87.7 cm³/mol. The molecule has 0 bridgehead atoms. The number of nitrogens with one attached hydrogen (secondary N) is 1. The third-order valence-electron chi connectivity index (χ3n) is 4.46. The fourth-order valence-corrected chi connectivity index (χ4v) is 3.01. The average Bonchev–Trinajstić information content (AvgIpc) is 2.50. The molecule has 1 heterocycles. The Balaban J connectivity index is 2.13. The minimum absolute atomic E-state index is 0.0530. The molecule has 1 unspecified atom stereocenters. The van der Waals surface area contributed by atoms with Crippen LogP contribution in [0.15, 0.2) is 18.2 Å². The number of amides is 1. The lowest BCUT2D eigenvalue weighted by atomic mass is 10.1. The Morgan fingerprint density at radius 2 is 1.86 bits per heavy atom. The first-order chi connectivity index (χ1) is 10.1. The van der Waals surface area contributed by atoms with Crippen molar-refractivity contribution in [3.8, 4) is 0 Å². The van der Waals surface area contributed by atoms with Crippen molar-refractivity contribution >= 4 is 11.6 Å². The Labute approximate surface area is 128 Å². The molecule has 2 rings (SSSR count). The molecule has 1 aromatic carbocycles. The maximum atomic E-state index is 12.7. The van der Waals surface area contributed by atoms with Gasteiger partial charge in [-0.3, -0.25) is 9.69 Å². The molecule has 1 aliphatic rings. The van der Waals surface area contributed by atoms with E-state index in [4.69, 9.17) is 0 Å². The van der Waals surface area contributed by atoms with Crippen molar-refractivity contribution in [2.24, 2.45) is 0 Å². The van der Waals surface area contributed by atoms with Gasteiger partial charge in [0.2, 0.25) is 5.91 Å². The molecular weight excluding hydrogens is 262 g/mol. The van der Waals surface area contributed by atoms with Crippen LogP contribution in [0.1, 0.15) is 25.0 Å². The van der Waals surface area contributed by atoms with Gasteiger partial charge in [0, 0.05) is 25.3 Å². The number of hydrogen-bond donors (Lipinski definition) is 1. The second-order valence-electron chi connectivity index (χ2n) is 5.79. The number of benzene rings is 1. The Morgan fingerprint density at radius 1 is 1.19 bits per heavy atom. The summed E-state index contributed by atoms with van der Waals surface area (Å²) in [7, 11) is 0. The summed E-state index contributed by atoms with van der Waals surface area (Å²) in [5.41, 5.74) is 3.20. The lowest BCUT2D eigenvalue weighted by Crippen LogP contribution is -2.57. The fourth-order valence-electron chi connectivity index (χ4n) is 3.01. The van der Waals surface area contributed by atoms with Crippen LogP contribution in [0.3, 0.4) is 0 Å². The molecule has 0 saturated carbocycles.